The van der Waals surface area contributed by atoms with Crippen molar-refractivity contribution in [1.29, 1.82) is 0 Å². The summed E-state index contributed by atoms with van der Waals surface area (Å²) in [5, 5.41) is 4.37. The lowest BCUT2D eigenvalue weighted by Gasteiger charge is -2.07. The summed E-state index contributed by atoms with van der Waals surface area (Å²) < 4.78 is 7.62. The van der Waals surface area contributed by atoms with E-state index in [9.17, 15) is 0 Å². The molecule has 90 valence electrons. The van der Waals surface area contributed by atoms with E-state index < -0.39 is 0 Å². The van der Waals surface area contributed by atoms with Crippen LogP contribution >= 0.6 is 0 Å². The number of benzene rings is 1. The Morgan fingerprint density at radius 3 is 2.61 bits per heavy atom. The number of imidazole rings is 1. The van der Waals surface area contributed by atoms with Gasteiger partial charge < -0.3 is 4.74 Å². The molecule has 0 saturated carbocycles. The number of aryl methyl sites for hydroxylation is 2. The maximum atomic E-state index is 5.86. The van der Waals surface area contributed by atoms with Crippen molar-refractivity contribution in [2.24, 2.45) is 0 Å². The molecule has 0 unspecified atom stereocenters. The molecule has 2 heterocycles. The Morgan fingerprint density at radius 1 is 1.06 bits per heavy atom. The molecule has 0 amide bonds. The number of rotatable bonds is 2. The first-order valence-electron chi connectivity index (χ1n) is 5.79. The standard InChI is InChI=1S/C14H13N3O/c1-10-8-13(18-12-6-4-3-5-7-12)14-15-11(2)9-17(14)16-10/h3-9H,1-2H3. The third-order valence-corrected chi connectivity index (χ3v) is 2.61. The third kappa shape index (κ3) is 1.93. The fourth-order valence-electron chi connectivity index (χ4n) is 1.87. The minimum atomic E-state index is 0.724. The highest BCUT2D eigenvalue weighted by atomic mass is 16.5. The molecule has 3 aromatic rings. The van der Waals surface area contributed by atoms with E-state index in [0.717, 1.165) is 28.5 Å². The normalized spacial score (nSPS) is 10.8. The summed E-state index contributed by atoms with van der Waals surface area (Å²) in [7, 11) is 0. The van der Waals surface area contributed by atoms with Gasteiger partial charge in [-0.15, -0.1) is 0 Å². The van der Waals surface area contributed by atoms with Crippen LogP contribution in [0.5, 0.6) is 11.5 Å². The predicted octanol–water partition coefficient (Wildman–Crippen LogP) is 3.14. The van der Waals surface area contributed by atoms with Crippen molar-refractivity contribution in [3.63, 3.8) is 0 Å². The molecule has 0 fully saturated rings. The molecule has 2 aromatic heterocycles. The van der Waals surface area contributed by atoms with Gasteiger partial charge in [-0.25, -0.2) is 9.50 Å². The second-order valence-corrected chi connectivity index (χ2v) is 4.22. The Kier molecular flexibility index (Phi) is 2.48. The fourth-order valence-corrected chi connectivity index (χ4v) is 1.87. The molecule has 0 N–H and O–H groups in total. The van der Waals surface area contributed by atoms with Crippen molar-refractivity contribution in [2.45, 2.75) is 13.8 Å². The van der Waals surface area contributed by atoms with Gasteiger partial charge in [0.15, 0.2) is 11.4 Å². The Bertz CT molecular complexity index is 689. The van der Waals surface area contributed by atoms with Crippen LogP contribution in [0.4, 0.5) is 0 Å². The number of hydrogen-bond donors (Lipinski definition) is 0. The van der Waals surface area contributed by atoms with Gasteiger partial charge in [-0.1, -0.05) is 18.2 Å². The van der Waals surface area contributed by atoms with Crippen LogP contribution in [-0.4, -0.2) is 14.6 Å². The zero-order valence-corrected chi connectivity index (χ0v) is 10.3. The Hall–Kier alpha value is -2.36. The summed E-state index contributed by atoms with van der Waals surface area (Å²) in [6.45, 7) is 3.88. The number of aromatic nitrogens is 3. The fraction of sp³-hybridized carbons (Fsp3) is 0.143. The molecule has 0 aliphatic rings. The van der Waals surface area contributed by atoms with E-state index in [2.05, 4.69) is 10.1 Å². The first kappa shape index (κ1) is 10.8. The number of ether oxygens (including phenoxy) is 1. The summed E-state index contributed by atoms with van der Waals surface area (Å²) in [4.78, 5) is 4.43. The molecule has 0 bridgehead atoms. The second kappa shape index (κ2) is 4.14. The molecule has 0 atom stereocenters. The first-order valence-corrected chi connectivity index (χ1v) is 5.79. The van der Waals surface area contributed by atoms with Crippen molar-refractivity contribution in [2.75, 3.05) is 0 Å². The van der Waals surface area contributed by atoms with E-state index in [4.69, 9.17) is 4.74 Å². The summed E-state index contributed by atoms with van der Waals surface area (Å²) in [5.41, 5.74) is 2.55. The highest BCUT2D eigenvalue weighted by Gasteiger charge is 2.09. The monoisotopic (exact) mass is 239 g/mol. The third-order valence-electron chi connectivity index (χ3n) is 2.61. The van der Waals surface area contributed by atoms with Crippen LogP contribution in [0, 0.1) is 13.8 Å². The average molecular weight is 239 g/mol. The van der Waals surface area contributed by atoms with E-state index in [0.29, 0.717) is 0 Å². The summed E-state index contributed by atoms with van der Waals surface area (Å²) in [5.74, 6) is 1.52. The van der Waals surface area contributed by atoms with E-state index in [1.807, 2.05) is 56.4 Å². The van der Waals surface area contributed by atoms with E-state index >= 15 is 0 Å². The van der Waals surface area contributed by atoms with Crippen LogP contribution in [0.1, 0.15) is 11.4 Å². The largest absolute Gasteiger partial charge is 0.453 e. The molecule has 1 aromatic carbocycles. The lowest BCUT2D eigenvalue weighted by atomic mass is 10.3. The van der Waals surface area contributed by atoms with Crippen LogP contribution < -0.4 is 4.74 Å². The quantitative estimate of drug-likeness (QED) is 0.689. The number of fused-ring (bicyclic) bond motifs is 1. The molecule has 18 heavy (non-hydrogen) atoms. The van der Waals surface area contributed by atoms with Crippen molar-refractivity contribution in [1.82, 2.24) is 14.6 Å². The van der Waals surface area contributed by atoms with Gasteiger partial charge in [-0.2, -0.15) is 5.10 Å². The van der Waals surface area contributed by atoms with E-state index in [1.54, 1.807) is 4.52 Å². The van der Waals surface area contributed by atoms with Gasteiger partial charge in [-0.3, -0.25) is 0 Å². The van der Waals surface area contributed by atoms with Crippen LogP contribution in [0.2, 0.25) is 0 Å². The number of nitrogens with zero attached hydrogens (tertiary/aromatic N) is 3. The van der Waals surface area contributed by atoms with Gasteiger partial charge in [0.1, 0.15) is 5.75 Å². The zero-order valence-electron chi connectivity index (χ0n) is 10.3. The molecule has 0 saturated heterocycles. The predicted molar refractivity (Wildman–Crippen MR) is 69.0 cm³/mol. The van der Waals surface area contributed by atoms with Crippen molar-refractivity contribution in [3.05, 3.63) is 54.0 Å². The highest BCUT2D eigenvalue weighted by molar-refractivity contribution is 5.55. The summed E-state index contributed by atoms with van der Waals surface area (Å²) in [6, 6.07) is 11.6. The first-order chi connectivity index (χ1) is 8.72. The van der Waals surface area contributed by atoms with Crippen molar-refractivity contribution in [3.8, 4) is 11.5 Å². The number of hydrogen-bond acceptors (Lipinski definition) is 3. The molecular formula is C14H13N3O. The van der Waals surface area contributed by atoms with E-state index in [-0.39, 0.29) is 0 Å². The van der Waals surface area contributed by atoms with Gasteiger partial charge >= 0.3 is 0 Å². The molecule has 3 rings (SSSR count). The molecule has 4 heteroatoms. The highest BCUT2D eigenvalue weighted by Crippen LogP contribution is 2.25. The molecule has 0 aliphatic carbocycles. The van der Waals surface area contributed by atoms with Gasteiger partial charge in [0.05, 0.1) is 17.6 Å². The molecule has 0 spiro atoms. The van der Waals surface area contributed by atoms with Crippen LogP contribution in [0.3, 0.4) is 0 Å². The van der Waals surface area contributed by atoms with Crippen molar-refractivity contribution >= 4 is 5.65 Å². The second-order valence-electron chi connectivity index (χ2n) is 4.22. The minimum Gasteiger partial charge on any atom is -0.453 e. The SMILES string of the molecule is Cc1cn2nc(C)cc(Oc3ccccc3)c2n1. The summed E-state index contributed by atoms with van der Waals surface area (Å²) >= 11 is 0. The maximum absolute atomic E-state index is 5.86. The van der Waals surface area contributed by atoms with Gasteiger partial charge in [0, 0.05) is 6.07 Å². The van der Waals surface area contributed by atoms with E-state index in [1.165, 1.54) is 0 Å². The Morgan fingerprint density at radius 2 is 1.83 bits per heavy atom. The lowest BCUT2D eigenvalue weighted by Crippen LogP contribution is -1.96. The Labute approximate surface area is 105 Å². The average Bonchev–Trinajstić information content (AvgIpc) is 2.71. The molecular weight excluding hydrogens is 226 g/mol. The van der Waals surface area contributed by atoms with Crippen LogP contribution in [0.25, 0.3) is 5.65 Å². The van der Waals surface area contributed by atoms with Gasteiger partial charge in [0.2, 0.25) is 0 Å². The molecule has 4 nitrogen and oxygen atoms in total. The molecule has 0 aliphatic heterocycles. The van der Waals surface area contributed by atoms with Gasteiger partial charge in [0.25, 0.3) is 0 Å². The Balaban J connectivity index is 2.10. The van der Waals surface area contributed by atoms with Gasteiger partial charge in [-0.05, 0) is 26.0 Å². The minimum absolute atomic E-state index is 0.724. The lowest BCUT2D eigenvalue weighted by molar-refractivity contribution is 0.482. The topological polar surface area (TPSA) is 39.4 Å². The molecule has 0 radical (unpaired) electrons. The number of para-hydroxylation sites is 1. The van der Waals surface area contributed by atoms with Crippen LogP contribution in [0.15, 0.2) is 42.6 Å². The zero-order chi connectivity index (χ0) is 12.5. The maximum Gasteiger partial charge on any atom is 0.197 e. The summed E-state index contributed by atoms with van der Waals surface area (Å²) in [6.07, 6.45) is 1.89. The smallest absolute Gasteiger partial charge is 0.197 e. The van der Waals surface area contributed by atoms with Crippen LogP contribution in [-0.2, 0) is 0 Å². The van der Waals surface area contributed by atoms with Crippen molar-refractivity contribution < 1.29 is 4.74 Å².